The number of hydrogen-bond donors (Lipinski definition) is 2. The first-order valence-electron chi connectivity index (χ1n) is 7.32. The highest BCUT2D eigenvalue weighted by Gasteiger charge is 2.31. The van der Waals surface area contributed by atoms with Crippen molar-refractivity contribution in [2.75, 3.05) is 13.1 Å². The molecule has 1 aromatic rings. The van der Waals surface area contributed by atoms with E-state index in [0.29, 0.717) is 19.4 Å². The molecule has 1 saturated heterocycles. The van der Waals surface area contributed by atoms with Gasteiger partial charge in [0, 0.05) is 23.9 Å². The largest absolute Gasteiger partial charge is 0.387 e. The minimum absolute atomic E-state index is 0.171. The normalized spacial score (nSPS) is 21.9. The lowest BCUT2D eigenvalue weighted by atomic mass is 10.0. The van der Waals surface area contributed by atoms with Crippen LogP contribution in [-0.4, -0.2) is 35.0 Å². The quantitative estimate of drug-likeness (QED) is 0.845. The number of likely N-dealkylation sites (tertiary alicyclic amines) is 1. The van der Waals surface area contributed by atoms with Crippen molar-refractivity contribution < 1.29 is 9.90 Å². The molecule has 1 aliphatic rings. The fourth-order valence-electron chi connectivity index (χ4n) is 2.76. The smallest absolute Gasteiger partial charge is 0.223 e. The van der Waals surface area contributed by atoms with Crippen molar-refractivity contribution >= 4 is 17.2 Å². The van der Waals surface area contributed by atoms with E-state index in [0.717, 1.165) is 24.3 Å². The molecule has 2 heterocycles. The zero-order valence-corrected chi connectivity index (χ0v) is 12.8. The van der Waals surface area contributed by atoms with Gasteiger partial charge < -0.3 is 15.7 Å². The molecular weight excluding hydrogens is 272 g/mol. The Morgan fingerprint density at radius 2 is 2.45 bits per heavy atom. The summed E-state index contributed by atoms with van der Waals surface area (Å²) in [5, 5.41) is 12.2. The second kappa shape index (κ2) is 7.20. The molecule has 2 rings (SSSR count). The first-order chi connectivity index (χ1) is 9.61. The van der Waals surface area contributed by atoms with Crippen LogP contribution in [0.5, 0.6) is 0 Å². The average molecular weight is 296 g/mol. The van der Waals surface area contributed by atoms with Crippen molar-refractivity contribution in [3.63, 3.8) is 0 Å². The highest BCUT2D eigenvalue weighted by molar-refractivity contribution is 7.10. The molecule has 0 saturated carbocycles. The van der Waals surface area contributed by atoms with E-state index in [9.17, 15) is 9.90 Å². The van der Waals surface area contributed by atoms with E-state index in [2.05, 4.69) is 0 Å². The molecular formula is C15H24N2O2S. The maximum Gasteiger partial charge on any atom is 0.223 e. The number of rotatable bonds is 6. The van der Waals surface area contributed by atoms with Crippen molar-refractivity contribution in [1.29, 1.82) is 0 Å². The Balaban J connectivity index is 1.92. The van der Waals surface area contributed by atoms with Gasteiger partial charge in [0.25, 0.3) is 0 Å². The van der Waals surface area contributed by atoms with Gasteiger partial charge in [0.05, 0.1) is 6.10 Å². The summed E-state index contributed by atoms with van der Waals surface area (Å²) in [6, 6.07) is 4.07. The number of amides is 1. The Kier molecular flexibility index (Phi) is 5.57. The van der Waals surface area contributed by atoms with Crippen molar-refractivity contribution in [1.82, 2.24) is 4.90 Å². The van der Waals surface area contributed by atoms with Crippen molar-refractivity contribution in [2.24, 2.45) is 11.7 Å². The highest BCUT2D eigenvalue weighted by atomic mass is 32.1. The third-order valence-corrected chi connectivity index (χ3v) is 4.96. The Labute approximate surface area is 124 Å². The number of thiophene rings is 1. The van der Waals surface area contributed by atoms with Crippen molar-refractivity contribution in [3.05, 3.63) is 22.4 Å². The first kappa shape index (κ1) is 15.5. The maximum atomic E-state index is 12.3. The van der Waals surface area contributed by atoms with Gasteiger partial charge in [-0.25, -0.2) is 0 Å². The van der Waals surface area contributed by atoms with Crippen LogP contribution < -0.4 is 5.73 Å². The number of nitrogens with zero attached hydrogens (tertiary/aromatic N) is 1. The summed E-state index contributed by atoms with van der Waals surface area (Å²) >= 11 is 1.57. The standard InChI is InChI=1S/C15H24N2O2S/c1-11(10-16)8-15(19)17-6-2-4-12(17)9-13(18)14-5-3-7-20-14/h3,5,7,11-13,18H,2,4,6,8-10,16H2,1H3. The zero-order valence-electron chi connectivity index (χ0n) is 12.0. The summed E-state index contributed by atoms with van der Waals surface area (Å²) in [6.45, 7) is 3.36. The van der Waals surface area contributed by atoms with Crippen LogP contribution >= 0.6 is 11.3 Å². The molecule has 3 atom stereocenters. The van der Waals surface area contributed by atoms with E-state index >= 15 is 0 Å². The minimum Gasteiger partial charge on any atom is -0.387 e. The lowest BCUT2D eigenvalue weighted by molar-refractivity contribution is -0.133. The first-order valence-corrected chi connectivity index (χ1v) is 8.20. The van der Waals surface area contributed by atoms with Crippen LogP contribution in [-0.2, 0) is 4.79 Å². The van der Waals surface area contributed by atoms with E-state index in [1.54, 1.807) is 11.3 Å². The molecule has 3 N–H and O–H groups in total. The number of hydrogen-bond acceptors (Lipinski definition) is 4. The SMILES string of the molecule is CC(CN)CC(=O)N1CCCC1CC(O)c1cccs1. The number of aliphatic hydroxyl groups excluding tert-OH is 1. The number of nitrogens with two attached hydrogens (primary N) is 1. The summed E-state index contributed by atoms with van der Waals surface area (Å²) in [5.41, 5.74) is 5.59. The minimum atomic E-state index is -0.458. The highest BCUT2D eigenvalue weighted by Crippen LogP contribution is 2.30. The van der Waals surface area contributed by atoms with Crippen LogP contribution in [0.2, 0.25) is 0 Å². The summed E-state index contributed by atoms with van der Waals surface area (Å²) in [6.07, 6.45) is 2.72. The summed E-state index contributed by atoms with van der Waals surface area (Å²) in [5.74, 6) is 0.412. The lowest BCUT2D eigenvalue weighted by Crippen LogP contribution is -2.37. The second-order valence-corrected chi connectivity index (χ2v) is 6.67. The Morgan fingerprint density at radius 1 is 1.65 bits per heavy atom. The molecule has 112 valence electrons. The molecule has 1 aliphatic heterocycles. The van der Waals surface area contributed by atoms with Crippen molar-refractivity contribution in [3.8, 4) is 0 Å². The Morgan fingerprint density at radius 3 is 3.10 bits per heavy atom. The van der Waals surface area contributed by atoms with Gasteiger partial charge in [-0.3, -0.25) is 4.79 Å². The fraction of sp³-hybridized carbons (Fsp3) is 0.667. The molecule has 5 heteroatoms. The second-order valence-electron chi connectivity index (χ2n) is 5.70. The van der Waals surface area contributed by atoms with Crippen LogP contribution in [0.25, 0.3) is 0 Å². The fourth-order valence-corrected chi connectivity index (χ4v) is 3.49. The van der Waals surface area contributed by atoms with Gasteiger partial charge in [0.1, 0.15) is 0 Å². The van der Waals surface area contributed by atoms with E-state index < -0.39 is 6.10 Å². The van der Waals surface area contributed by atoms with Gasteiger partial charge in [-0.05, 0) is 43.2 Å². The third kappa shape index (κ3) is 3.81. The molecule has 0 spiro atoms. The Bertz CT molecular complexity index is 422. The van der Waals surface area contributed by atoms with Crippen LogP contribution in [0.3, 0.4) is 0 Å². The van der Waals surface area contributed by atoms with Crippen LogP contribution in [0.1, 0.15) is 43.6 Å². The summed E-state index contributed by atoms with van der Waals surface area (Å²) in [7, 11) is 0. The van der Waals surface area contributed by atoms with Gasteiger partial charge in [-0.1, -0.05) is 13.0 Å². The van der Waals surface area contributed by atoms with Gasteiger partial charge in [0.15, 0.2) is 0 Å². The summed E-state index contributed by atoms with van der Waals surface area (Å²) in [4.78, 5) is 15.2. The van der Waals surface area contributed by atoms with Crippen molar-refractivity contribution in [2.45, 2.75) is 44.8 Å². The molecule has 0 radical (unpaired) electrons. The number of carbonyl (C=O) groups is 1. The van der Waals surface area contributed by atoms with E-state index in [-0.39, 0.29) is 17.9 Å². The number of aliphatic hydroxyl groups is 1. The molecule has 0 aromatic carbocycles. The molecule has 20 heavy (non-hydrogen) atoms. The van der Waals surface area contributed by atoms with E-state index in [4.69, 9.17) is 5.73 Å². The van der Waals surface area contributed by atoms with Crippen LogP contribution in [0.15, 0.2) is 17.5 Å². The zero-order chi connectivity index (χ0) is 14.5. The third-order valence-electron chi connectivity index (χ3n) is 3.99. The maximum absolute atomic E-state index is 12.3. The van der Waals surface area contributed by atoms with E-state index in [1.807, 2.05) is 29.3 Å². The average Bonchev–Trinajstić information content (AvgIpc) is 3.09. The Hall–Kier alpha value is -0.910. The van der Waals surface area contributed by atoms with Gasteiger partial charge in [-0.2, -0.15) is 0 Å². The molecule has 1 fully saturated rings. The van der Waals surface area contributed by atoms with E-state index in [1.165, 1.54) is 0 Å². The topological polar surface area (TPSA) is 66.6 Å². The van der Waals surface area contributed by atoms with Gasteiger partial charge >= 0.3 is 0 Å². The van der Waals surface area contributed by atoms with Gasteiger partial charge in [0.2, 0.25) is 5.91 Å². The van der Waals surface area contributed by atoms with Gasteiger partial charge in [-0.15, -0.1) is 11.3 Å². The molecule has 0 aliphatic carbocycles. The lowest BCUT2D eigenvalue weighted by Gasteiger charge is -2.27. The predicted molar refractivity (Wildman–Crippen MR) is 81.5 cm³/mol. The monoisotopic (exact) mass is 296 g/mol. The number of carbonyl (C=O) groups excluding carboxylic acids is 1. The van der Waals surface area contributed by atoms with Crippen LogP contribution in [0.4, 0.5) is 0 Å². The summed E-state index contributed by atoms with van der Waals surface area (Å²) < 4.78 is 0. The molecule has 1 amide bonds. The molecule has 1 aromatic heterocycles. The molecule has 4 nitrogen and oxygen atoms in total. The molecule has 0 bridgehead atoms. The predicted octanol–water partition coefficient (Wildman–Crippen LogP) is 2.15. The van der Waals surface area contributed by atoms with Crippen LogP contribution in [0, 0.1) is 5.92 Å². The molecule has 3 unspecified atom stereocenters.